The van der Waals surface area contributed by atoms with Gasteiger partial charge in [-0.15, -0.1) is 0 Å². The van der Waals surface area contributed by atoms with Gasteiger partial charge in [-0.1, -0.05) is 31.5 Å². The summed E-state index contributed by atoms with van der Waals surface area (Å²) in [5, 5.41) is 3.12. The first-order chi connectivity index (χ1) is 19.2. The van der Waals surface area contributed by atoms with Crippen LogP contribution in [0.25, 0.3) is 11.2 Å². The molecule has 1 saturated carbocycles. The van der Waals surface area contributed by atoms with Crippen LogP contribution in [-0.2, 0) is 30.6 Å². The van der Waals surface area contributed by atoms with Gasteiger partial charge < -0.3 is 24.3 Å². The second-order valence-electron chi connectivity index (χ2n) is 10.4. The van der Waals surface area contributed by atoms with E-state index in [1.54, 1.807) is 23.6 Å². The fourth-order valence-corrected chi connectivity index (χ4v) is 7.56. The topological polar surface area (TPSA) is 156 Å². The van der Waals surface area contributed by atoms with E-state index in [1.165, 1.54) is 12.7 Å². The van der Waals surface area contributed by atoms with Crippen LogP contribution in [-0.4, -0.2) is 50.3 Å². The molecule has 0 radical (unpaired) electrons. The van der Waals surface area contributed by atoms with Crippen molar-refractivity contribution >= 4 is 41.5 Å². The number of hydrogen-bond donors (Lipinski definition) is 3. The first-order valence-electron chi connectivity index (χ1n) is 13.6. The number of nitrogens with two attached hydrogens (primary N) is 1. The fourth-order valence-electron chi connectivity index (χ4n) is 5.12. The Kier molecular flexibility index (Phi) is 8.86. The molecule has 0 amide bonds. The molecule has 5 rings (SSSR count). The van der Waals surface area contributed by atoms with Crippen molar-refractivity contribution in [3.8, 4) is 5.75 Å². The van der Waals surface area contributed by atoms with E-state index in [-0.39, 0.29) is 42.2 Å². The van der Waals surface area contributed by atoms with E-state index in [2.05, 4.69) is 20.0 Å². The van der Waals surface area contributed by atoms with E-state index in [1.807, 2.05) is 25.1 Å². The molecule has 40 heavy (non-hydrogen) atoms. The van der Waals surface area contributed by atoms with E-state index < -0.39 is 24.5 Å². The average molecular weight is 591 g/mol. The third-order valence-corrected chi connectivity index (χ3v) is 9.62. The highest BCUT2D eigenvalue weighted by molar-refractivity contribution is 8.09. The van der Waals surface area contributed by atoms with Crippen LogP contribution in [0.1, 0.15) is 58.6 Å². The van der Waals surface area contributed by atoms with Gasteiger partial charge in [0.2, 0.25) is 5.95 Å². The van der Waals surface area contributed by atoms with E-state index in [4.69, 9.17) is 36.1 Å². The Labute approximate surface area is 237 Å². The van der Waals surface area contributed by atoms with Crippen molar-refractivity contribution in [3.05, 3.63) is 47.0 Å². The molecular formula is C26H35N6O6PS. The molecule has 14 heteroatoms. The van der Waals surface area contributed by atoms with E-state index in [9.17, 15) is 9.59 Å². The number of rotatable bonds is 10. The number of carbonyl (C=O) groups excluding carboxylic acids is 1. The van der Waals surface area contributed by atoms with Gasteiger partial charge in [0.25, 0.3) is 5.56 Å². The number of nitrogen functional groups attached to an aromatic ring is 1. The summed E-state index contributed by atoms with van der Waals surface area (Å²) < 4.78 is 26.1. The largest absolute Gasteiger partial charge is 0.461 e. The van der Waals surface area contributed by atoms with Crippen molar-refractivity contribution in [2.75, 3.05) is 12.3 Å². The van der Waals surface area contributed by atoms with Crippen molar-refractivity contribution in [3.63, 3.8) is 0 Å². The number of fused-ring (bicyclic) bond motifs is 1. The Bertz CT molecular complexity index is 1430. The van der Waals surface area contributed by atoms with Crippen LogP contribution in [0.15, 0.2) is 41.5 Å². The molecule has 1 aromatic carbocycles. The highest BCUT2D eigenvalue weighted by Crippen LogP contribution is 2.47. The lowest BCUT2D eigenvalue weighted by molar-refractivity contribution is -0.152. The van der Waals surface area contributed by atoms with Crippen LogP contribution in [0.2, 0.25) is 0 Å². The SMILES string of the molecule is CC(NP(=S)(OC[C@@H]1C[C@H](C)[C@H](n2cnc3c(=O)[nH]c(N)nc32)O1)Oc1ccccc1)C(=O)OC1CCCCC1. The number of hydrogen-bond acceptors (Lipinski definition) is 10. The molecule has 1 aliphatic heterocycles. The second kappa shape index (κ2) is 12.4. The molecule has 2 unspecified atom stereocenters. The Hall–Kier alpha value is -2.83. The second-order valence-corrected chi connectivity index (χ2v) is 13.5. The quantitative estimate of drug-likeness (QED) is 0.233. The highest BCUT2D eigenvalue weighted by Gasteiger charge is 2.37. The monoisotopic (exact) mass is 590 g/mol. The minimum Gasteiger partial charge on any atom is -0.461 e. The predicted octanol–water partition coefficient (Wildman–Crippen LogP) is 3.80. The van der Waals surface area contributed by atoms with Crippen LogP contribution in [0.3, 0.4) is 0 Å². The Morgan fingerprint density at radius 2 is 2.05 bits per heavy atom. The van der Waals surface area contributed by atoms with Crippen molar-refractivity contribution < 1.29 is 23.3 Å². The predicted molar refractivity (Wildman–Crippen MR) is 153 cm³/mol. The zero-order valence-corrected chi connectivity index (χ0v) is 24.2. The summed E-state index contributed by atoms with van der Waals surface area (Å²) in [4.78, 5) is 36.0. The van der Waals surface area contributed by atoms with Crippen molar-refractivity contribution in [2.45, 2.75) is 76.9 Å². The van der Waals surface area contributed by atoms with Crippen LogP contribution in [0, 0.1) is 5.92 Å². The molecule has 4 N–H and O–H groups in total. The Morgan fingerprint density at radius 1 is 1.30 bits per heavy atom. The first-order valence-corrected chi connectivity index (χ1v) is 16.2. The van der Waals surface area contributed by atoms with E-state index in [0.717, 1.165) is 25.7 Å². The maximum Gasteiger partial charge on any atom is 0.323 e. The molecule has 1 saturated heterocycles. The summed E-state index contributed by atoms with van der Waals surface area (Å²) in [6, 6.07) is 8.39. The minimum absolute atomic E-state index is 0.00532. The number of esters is 1. The van der Waals surface area contributed by atoms with Gasteiger partial charge in [0.15, 0.2) is 11.2 Å². The fraction of sp³-hybridized carbons (Fsp3) is 0.538. The molecule has 12 nitrogen and oxygen atoms in total. The van der Waals surface area contributed by atoms with Crippen LogP contribution in [0.5, 0.6) is 5.75 Å². The number of benzene rings is 1. The van der Waals surface area contributed by atoms with Gasteiger partial charge in [-0.25, -0.2) is 10.1 Å². The number of aromatic nitrogens is 4. The van der Waals surface area contributed by atoms with Crippen LogP contribution >= 0.6 is 6.64 Å². The minimum atomic E-state index is -3.20. The number of ether oxygens (including phenoxy) is 2. The lowest BCUT2D eigenvalue weighted by Gasteiger charge is -2.29. The van der Waals surface area contributed by atoms with Gasteiger partial charge in [-0.05, 0) is 63.0 Å². The number of carbonyl (C=O) groups is 1. The molecule has 216 valence electrons. The summed E-state index contributed by atoms with van der Waals surface area (Å²) in [6.45, 7) is 0.670. The average Bonchev–Trinajstić information content (AvgIpc) is 3.51. The summed E-state index contributed by atoms with van der Waals surface area (Å²) >= 11 is 5.86. The molecule has 0 bridgehead atoms. The number of para-hydroxylation sites is 1. The zero-order valence-electron chi connectivity index (χ0n) is 22.5. The highest BCUT2D eigenvalue weighted by atomic mass is 32.5. The number of aromatic amines is 1. The third-order valence-electron chi connectivity index (χ3n) is 7.12. The van der Waals surface area contributed by atoms with Crippen molar-refractivity contribution in [1.82, 2.24) is 24.6 Å². The van der Waals surface area contributed by atoms with E-state index in [0.29, 0.717) is 17.8 Å². The third kappa shape index (κ3) is 6.72. The summed E-state index contributed by atoms with van der Waals surface area (Å²) in [5.41, 5.74) is 5.89. The molecule has 3 aromatic rings. The summed E-state index contributed by atoms with van der Waals surface area (Å²) in [5.74, 6) is 0.216. The molecule has 2 aliphatic rings. The van der Waals surface area contributed by atoms with Gasteiger partial charge in [0.05, 0.1) is 19.0 Å². The maximum atomic E-state index is 12.9. The van der Waals surface area contributed by atoms with Gasteiger partial charge >= 0.3 is 12.6 Å². The van der Waals surface area contributed by atoms with Crippen molar-refractivity contribution in [1.29, 1.82) is 0 Å². The van der Waals surface area contributed by atoms with Crippen LogP contribution in [0.4, 0.5) is 5.95 Å². The van der Waals surface area contributed by atoms with Gasteiger partial charge in [-0.2, -0.15) is 4.98 Å². The first kappa shape index (κ1) is 28.7. The lowest BCUT2D eigenvalue weighted by Crippen LogP contribution is -2.37. The standard InChI is InChI=1S/C26H35N6O6PS/c1-16-13-20(36-24(16)32-15-28-21-22(32)29-26(27)30-23(21)33)14-35-39(40,38-19-11-7-4-8-12-19)31-17(2)25(34)37-18-9-5-3-6-10-18/h4,7-8,11-12,15-18,20,24H,3,5-6,9-10,13-14H2,1-2H3,(H,31,40)(H3,27,29,30,33)/t16-,17?,20-,24+,39?/m0/s1. The lowest BCUT2D eigenvalue weighted by atomic mass is 9.98. The molecule has 2 fully saturated rings. The smallest absolute Gasteiger partial charge is 0.323 e. The van der Waals surface area contributed by atoms with E-state index >= 15 is 0 Å². The van der Waals surface area contributed by atoms with Gasteiger partial charge in [0.1, 0.15) is 24.1 Å². The molecule has 2 aromatic heterocycles. The van der Waals surface area contributed by atoms with Crippen LogP contribution < -0.4 is 20.9 Å². The number of anilines is 1. The molecule has 3 heterocycles. The summed E-state index contributed by atoms with van der Waals surface area (Å²) in [7, 11) is 0. The van der Waals surface area contributed by atoms with Gasteiger partial charge in [0, 0.05) is 5.92 Å². The number of nitrogens with one attached hydrogen (secondary N) is 2. The molecular weight excluding hydrogens is 555 g/mol. The van der Waals surface area contributed by atoms with Gasteiger partial charge in [-0.3, -0.25) is 19.1 Å². The number of imidazole rings is 1. The zero-order chi connectivity index (χ0) is 28.3. The number of nitrogens with zero attached hydrogens (tertiary/aromatic N) is 3. The Balaban J connectivity index is 1.27. The summed E-state index contributed by atoms with van der Waals surface area (Å²) in [6.07, 6.45) is 6.41. The Morgan fingerprint density at radius 3 is 2.80 bits per heavy atom. The molecule has 5 atom stereocenters. The number of H-pyrrole nitrogens is 1. The van der Waals surface area contributed by atoms with Crippen molar-refractivity contribution in [2.24, 2.45) is 5.92 Å². The maximum absolute atomic E-state index is 12.9. The molecule has 0 spiro atoms. The normalized spacial score (nSPS) is 24.0. The molecule has 1 aliphatic carbocycles.